The van der Waals surface area contributed by atoms with Crippen molar-refractivity contribution in [3.8, 4) is 11.5 Å². The molecule has 0 radical (unpaired) electrons. The van der Waals surface area contributed by atoms with Crippen molar-refractivity contribution in [1.82, 2.24) is 15.2 Å². The van der Waals surface area contributed by atoms with Crippen molar-refractivity contribution in [1.29, 1.82) is 0 Å². The van der Waals surface area contributed by atoms with Crippen LogP contribution in [0.25, 0.3) is 0 Å². The summed E-state index contributed by atoms with van der Waals surface area (Å²) in [6, 6.07) is 11.4. The fourth-order valence-corrected chi connectivity index (χ4v) is 4.53. The molecule has 0 spiro atoms. The first kappa shape index (κ1) is 27.0. The molecule has 3 amide bonds. The molecule has 0 unspecified atom stereocenters. The first-order chi connectivity index (χ1) is 17.2. The largest absolute Gasteiger partial charge is 0.493 e. The van der Waals surface area contributed by atoms with Crippen LogP contribution in [0.2, 0.25) is 0 Å². The van der Waals surface area contributed by atoms with Gasteiger partial charge in [-0.15, -0.1) is 11.3 Å². The molecule has 3 rings (SSSR count). The maximum atomic E-state index is 13.1. The van der Waals surface area contributed by atoms with Gasteiger partial charge in [-0.25, -0.2) is 9.78 Å². The number of thiazole rings is 1. The Hall–Kier alpha value is -3.59. The zero-order valence-corrected chi connectivity index (χ0v) is 22.5. The molecule has 0 aliphatic rings. The summed E-state index contributed by atoms with van der Waals surface area (Å²) in [5.74, 6) is 1.08. The van der Waals surface area contributed by atoms with E-state index < -0.39 is 0 Å². The summed E-state index contributed by atoms with van der Waals surface area (Å²) in [6.45, 7) is 8.63. The molecule has 8 nitrogen and oxygen atoms in total. The molecule has 1 heterocycles. The summed E-state index contributed by atoms with van der Waals surface area (Å²) < 4.78 is 10.6. The van der Waals surface area contributed by atoms with Gasteiger partial charge in [0.25, 0.3) is 5.91 Å². The van der Waals surface area contributed by atoms with Gasteiger partial charge in [0, 0.05) is 23.7 Å². The highest BCUT2D eigenvalue weighted by atomic mass is 32.1. The molecule has 3 aromatic rings. The number of rotatable bonds is 10. The van der Waals surface area contributed by atoms with E-state index >= 15 is 0 Å². The number of aryl methyl sites for hydroxylation is 2. The number of urea groups is 1. The summed E-state index contributed by atoms with van der Waals surface area (Å²) in [5, 5.41) is 8.37. The van der Waals surface area contributed by atoms with Crippen molar-refractivity contribution in [3.63, 3.8) is 0 Å². The Balaban J connectivity index is 1.58. The Morgan fingerprint density at radius 2 is 1.75 bits per heavy atom. The van der Waals surface area contributed by atoms with E-state index in [0.717, 1.165) is 22.4 Å². The van der Waals surface area contributed by atoms with Gasteiger partial charge >= 0.3 is 6.03 Å². The lowest BCUT2D eigenvalue weighted by atomic mass is 10.1. The lowest BCUT2D eigenvalue weighted by molar-refractivity contribution is 0.0949. The number of hydrogen-bond donors (Lipinski definition) is 2. The number of carbonyl (C=O) groups is 2. The lowest BCUT2D eigenvalue weighted by Gasteiger charge is -2.27. The van der Waals surface area contributed by atoms with Crippen molar-refractivity contribution in [2.45, 2.75) is 46.7 Å². The highest BCUT2D eigenvalue weighted by molar-refractivity contribution is 7.09. The van der Waals surface area contributed by atoms with E-state index in [9.17, 15) is 9.59 Å². The Morgan fingerprint density at radius 1 is 1.06 bits per heavy atom. The Labute approximate surface area is 216 Å². The number of methoxy groups -OCH3 is 2. The van der Waals surface area contributed by atoms with Crippen molar-refractivity contribution in [2.75, 3.05) is 26.1 Å². The maximum Gasteiger partial charge on any atom is 0.322 e. The summed E-state index contributed by atoms with van der Waals surface area (Å²) in [5.41, 5.74) is 4.21. The molecule has 2 N–H and O–H groups in total. The summed E-state index contributed by atoms with van der Waals surface area (Å²) in [4.78, 5) is 31.9. The van der Waals surface area contributed by atoms with Gasteiger partial charge in [0.2, 0.25) is 0 Å². The van der Waals surface area contributed by atoms with Gasteiger partial charge in [0.1, 0.15) is 10.7 Å². The van der Waals surface area contributed by atoms with Crippen LogP contribution in [0.5, 0.6) is 11.5 Å². The molecule has 2 aromatic carbocycles. The minimum Gasteiger partial charge on any atom is -0.493 e. The van der Waals surface area contributed by atoms with Crippen LogP contribution in [0.15, 0.2) is 41.8 Å². The second-order valence-electron chi connectivity index (χ2n) is 8.74. The van der Waals surface area contributed by atoms with Gasteiger partial charge in [-0.05, 0) is 62.9 Å². The fraction of sp³-hybridized carbons (Fsp3) is 0.370. The average molecular weight is 511 g/mol. The van der Waals surface area contributed by atoms with Crippen LogP contribution in [0.4, 0.5) is 10.5 Å². The monoisotopic (exact) mass is 510 g/mol. The quantitative estimate of drug-likeness (QED) is 0.391. The molecule has 0 saturated heterocycles. The number of nitrogens with one attached hydrogen (secondary N) is 2. The van der Waals surface area contributed by atoms with Gasteiger partial charge in [-0.1, -0.05) is 24.3 Å². The molecule has 0 atom stereocenters. The molecule has 0 aliphatic carbocycles. The Morgan fingerprint density at radius 3 is 2.39 bits per heavy atom. The number of anilines is 1. The molecule has 0 fully saturated rings. The zero-order valence-electron chi connectivity index (χ0n) is 21.7. The Bertz CT molecular complexity index is 1190. The van der Waals surface area contributed by atoms with E-state index in [1.54, 1.807) is 24.5 Å². The maximum absolute atomic E-state index is 13.1. The third-order valence-corrected chi connectivity index (χ3v) is 6.67. The van der Waals surface area contributed by atoms with Gasteiger partial charge in [-0.2, -0.15) is 0 Å². The molecule has 0 bridgehead atoms. The van der Waals surface area contributed by atoms with Crippen molar-refractivity contribution in [3.05, 3.63) is 69.2 Å². The number of amides is 3. The zero-order chi connectivity index (χ0) is 26.2. The van der Waals surface area contributed by atoms with E-state index in [2.05, 4.69) is 15.6 Å². The Kier molecular flexibility index (Phi) is 9.30. The average Bonchev–Trinajstić information content (AvgIpc) is 3.33. The van der Waals surface area contributed by atoms with E-state index in [-0.39, 0.29) is 18.0 Å². The summed E-state index contributed by atoms with van der Waals surface area (Å²) in [6.07, 6.45) is 0.642. The minimum absolute atomic E-state index is 0.0445. The van der Waals surface area contributed by atoms with Crippen LogP contribution in [0.3, 0.4) is 0 Å². The predicted octanol–water partition coefficient (Wildman–Crippen LogP) is 5.19. The number of ether oxygens (including phenoxy) is 2. The van der Waals surface area contributed by atoms with Crippen LogP contribution in [-0.4, -0.2) is 48.6 Å². The van der Waals surface area contributed by atoms with Crippen LogP contribution in [0, 0.1) is 13.8 Å². The SMILES string of the molecule is COc1ccc(CCNC(=O)c2csc(CN(C(=O)Nc3c(C)cccc3C)C(C)C)n2)cc1OC. The normalized spacial score (nSPS) is 10.8. The van der Waals surface area contributed by atoms with E-state index in [4.69, 9.17) is 9.47 Å². The highest BCUT2D eigenvalue weighted by Gasteiger charge is 2.21. The topological polar surface area (TPSA) is 92.8 Å². The number of carbonyl (C=O) groups excluding carboxylic acids is 2. The third-order valence-electron chi connectivity index (χ3n) is 5.83. The van der Waals surface area contributed by atoms with Crippen molar-refractivity contribution < 1.29 is 19.1 Å². The van der Waals surface area contributed by atoms with Crippen molar-refractivity contribution in [2.24, 2.45) is 0 Å². The third kappa shape index (κ3) is 6.75. The number of aromatic nitrogens is 1. The van der Waals surface area contributed by atoms with E-state index in [0.29, 0.717) is 41.7 Å². The molecule has 0 aliphatic heterocycles. The number of hydrogen-bond acceptors (Lipinski definition) is 6. The summed E-state index contributed by atoms with van der Waals surface area (Å²) >= 11 is 1.37. The molecule has 192 valence electrons. The second kappa shape index (κ2) is 12.4. The predicted molar refractivity (Wildman–Crippen MR) is 143 cm³/mol. The standard InChI is InChI=1S/C27H34N4O4S/c1-17(2)31(27(33)30-25-18(3)8-7-9-19(25)4)15-24-29-21(16-36-24)26(32)28-13-12-20-10-11-22(34-5)23(14-20)35-6/h7-11,14,16-17H,12-13,15H2,1-6H3,(H,28,32)(H,30,33). The second-order valence-corrected chi connectivity index (χ2v) is 9.68. The summed E-state index contributed by atoms with van der Waals surface area (Å²) in [7, 11) is 3.19. The van der Waals surface area contributed by atoms with Crippen LogP contribution in [0.1, 0.15) is 46.0 Å². The van der Waals surface area contributed by atoms with E-state index in [1.165, 1.54) is 11.3 Å². The first-order valence-electron chi connectivity index (χ1n) is 11.8. The number of nitrogens with zero attached hydrogens (tertiary/aromatic N) is 2. The lowest BCUT2D eigenvalue weighted by Crippen LogP contribution is -2.39. The first-order valence-corrected chi connectivity index (χ1v) is 12.7. The van der Waals surface area contributed by atoms with Gasteiger partial charge < -0.3 is 25.0 Å². The fourth-order valence-electron chi connectivity index (χ4n) is 3.76. The van der Waals surface area contributed by atoms with Crippen LogP contribution < -0.4 is 20.1 Å². The van der Waals surface area contributed by atoms with Crippen LogP contribution >= 0.6 is 11.3 Å². The molecular weight excluding hydrogens is 476 g/mol. The molecule has 9 heteroatoms. The minimum atomic E-state index is -0.242. The highest BCUT2D eigenvalue weighted by Crippen LogP contribution is 2.27. The van der Waals surface area contributed by atoms with E-state index in [1.807, 2.05) is 64.1 Å². The van der Waals surface area contributed by atoms with Gasteiger partial charge in [0.05, 0.1) is 20.8 Å². The molecule has 1 aromatic heterocycles. The number of para-hydroxylation sites is 1. The van der Waals surface area contributed by atoms with Gasteiger partial charge in [0.15, 0.2) is 11.5 Å². The smallest absolute Gasteiger partial charge is 0.322 e. The molecule has 36 heavy (non-hydrogen) atoms. The number of benzene rings is 2. The van der Waals surface area contributed by atoms with Crippen LogP contribution in [-0.2, 0) is 13.0 Å². The van der Waals surface area contributed by atoms with Crippen molar-refractivity contribution >= 4 is 29.0 Å². The molecular formula is C27H34N4O4S. The van der Waals surface area contributed by atoms with Gasteiger partial charge in [-0.3, -0.25) is 4.79 Å². The molecule has 0 saturated carbocycles.